The molecule has 0 amide bonds. The van der Waals surface area contributed by atoms with E-state index < -0.39 is 0 Å². The van der Waals surface area contributed by atoms with Gasteiger partial charge in [0.1, 0.15) is 6.54 Å². The lowest BCUT2D eigenvalue weighted by atomic mass is 10.00. The molecule has 0 aliphatic carbocycles. The highest BCUT2D eigenvalue weighted by Gasteiger charge is 2.17. The Bertz CT molecular complexity index is 524. The van der Waals surface area contributed by atoms with E-state index in [1.165, 1.54) is 11.1 Å². The van der Waals surface area contributed by atoms with Crippen molar-refractivity contribution in [2.24, 2.45) is 5.92 Å². The van der Waals surface area contributed by atoms with Crippen LogP contribution in [0.1, 0.15) is 39.5 Å². The van der Waals surface area contributed by atoms with E-state index in [4.69, 9.17) is 0 Å². The van der Waals surface area contributed by atoms with Crippen LogP contribution in [0.25, 0.3) is 0 Å². The Balaban J connectivity index is 2.09. The fourth-order valence-electron chi connectivity index (χ4n) is 2.66. The smallest absolute Gasteiger partial charge is 0.269 e. The summed E-state index contributed by atoms with van der Waals surface area (Å²) in [5.41, 5.74) is 0.686. The minimum Gasteiger partial charge on any atom is -0.370 e. The van der Waals surface area contributed by atoms with Gasteiger partial charge < -0.3 is 4.90 Å². The molecule has 1 aromatic heterocycles. The molecule has 5 nitrogen and oxygen atoms in total. The second kappa shape index (κ2) is 6.68. The Kier molecular flexibility index (Phi) is 4.93. The van der Waals surface area contributed by atoms with Crippen molar-refractivity contribution in [2.45, 2.75) is 46.1 Å². The summed E-state index contributed by atoms with van der Waals surface area (Å²) in [5.74, 6) is 0.707. The van der Waals surface area contributed by atoms with Gasteiger partial charge in [-0.05, 0) is 25.2 Å². The van der Waals surface area contributed by atoms with Gasteiger partial charge in [0.05, 0.1) is 11.9 Å². The van der Waals surface area contributed by atoms with E-state index in [1.54, 1.807) is 12.3 Å². The fourth-order valence-corrected chi connectivity index (χ4v) is 2.66. The highest BCUT2D eigenvalue weighted by atomic mass is 16.1. The topological polar surface area (TPSA) is 55.2 Å². The summed E-state index contributed by atoms with van der Waals surface area (Å²) in [4.78, 5) is 25.8. The molecule has 0 saturated carbocycles. The van der Waals surface area contributed by atoms with E-state index >= 15 is 0 Å². The van der Waals surface area contributed by atoms with Gasteiger partial charge in [-0.1, -0.05) is 13.8 Å². The third-order valence-corrected chi connectivity index (χ3v) is 3.73. The number of aromatic nitrogens is 2. The monoisotopic (exact) mass is 277 g/mol. The lowest BCUT2D eigenvalue weighted by Gasteiger charge is -2.32. The standard InChI is InChI=1S/C15H23N3O2/c1-3-5-14(19)11-18-15(20)8-13(9-16-18)17-7-4-6-12(2)10-17/h8-9,12H,3-7,10-11H2,1-2H3. The first-order valence-electron chi connectivity index (χ1n) is 7.44. The van der Waals surface area contributed by atoms with Gasteiger partial charge in [-0.3, -0.25) is 9.59 Å². The van der Waals surface area contributed by atoms with Gasteiger partial charge in [0.15, 0.2) is 5.78 Å². The molecule has 5 heteroatoms. The van der Waals surface area contributed by atoms with Gasteiger partial charge in [-0.15, -0.1) is 0 Å². The maximum absolute atomic E-state index is 12.0. The number of rotatable bonds is 5. The van der Waals surface area contributed by atoms with Crippen molar-refractivity contribution in [3.05, 3.63) is 22.6 Å². The van der Waals surface area contributed by atoms with E-state index in [0.29, 0.717) is 12.3 Å². The number of ketones is 1. The van der Waals surface area contributed by atoms with Gasteiger partial charge in [0, 0.05) is 25.6 Å². The quantitative estimate of drug-likeness (QED) is 0.824. The van der Waals surface area contributed by atoms with Crippen LogP contribution in [-0.4, -0.2) is 28.7 Å². The lowest BCUT2D eigenvalue weighted by molar-refractivity contribution is -0.119. The molecule has 1 aromatic rings. The van der Waals surface area contributed by atoms with Crippen molar-refractivity contribution < 1.29 is 4.79 Å². The lowest BCUT2D eigenvalue weighted by Crippen LogP contribution is -2.36. The molecule has 2 heterocycles. The second-order valence-corrected chi connectivity index (χ2v) is 5.69. The number of Topliss-reactive ketones (excluding diaryl/α,β-unsaturated/α-hetero) is 1. The molecule has 20 heavy (non-hydrogen) atoms. The molecular formula is C15H23N3O2. The van der Waals surface area contributed by atoms with E-state index in [9.17, 15) is 9.59 Å². The Morgan fingerprint density at radius 1 is 1.50 bits per heavy atom. The summed E-state index contributed by atoms with van der Waals surface area (Å²) >= 11 is 0. The molecule has 1 aliphatic rings. The minimum atomic E-state index is -0.190. The normalized spacial score (nSPS) is 19.1. The third-order valence-electron chi connectivity index (χ3n) is 3.73. The Labute approximate surface area is 119 Å². The van der Waals surface area contributed by atoms with Crippen molar-refractivity contribution in [1.29, 1.82) is 0 Å². The van der Waals surface area contributed by atoms with Crippen LogP contribution in [0.3, 0.4) is 0 Å². The van der Waals surface area contributed by atoms with Crippen LogP contribution >= 0.6 is 0 Å². The summed E-state index contributed by atoms with van der Waals surface area (Å²) in [6.07, 6.45) is 5.40. The molecular weight excluding hydrogens is 254 g/mol. The second-order valence-electron chi connectivity index (χ2n) is 5.69. The SMILES string of the molecule is CCCC(=O)Cn1ncc(N2CCCC(C)C2)cc1=O. The van der Waals surface area contributed by atoms with E-state index in [-0.39, 0.29) is 17.9 Å². The Morgan fingerprint density at radius 3 is 2.95 bits per heavy atom. The molecule has 0 aromatic carbocycles. The molecule has 1 unspecified atom stereocenters. The molecule has 1 saturated heterocycles. The minimum absolute atomic E-state index is 0.0569. The Hall–Kier alpha value is -1.65. The molecule has 1 atom stereocenters. The van der Waals surface area contributed by atoms with E-state index in [1.807, 2.05) is 6.92 Å². The van der Waals surface area contributed by atoms with E-state index in [2.05, 4.69) is 16.9 Å². The number of nitrogens with zero attached hydrogens (tertiary/aromatic N) is 3. The van der Waals surface area contributed by atoms with Crippen molar-refractivity contribution >= 4 is 11.5 Å². The summed E-state index contributed by atoms with van der Waals surface area (Å²) < 4.78 is 1.26. The summed E-state index contributed by atoms with van der Waals surface area (Å²) in [6, 6.07) is 1.60. The first-order chi connectivity index (χ1) is 9.60. The van der Waals surface area contributed by atoms with Crippen molar-refractivity contribution in [2.75, 3.05) is 18.0 Å². The van der Waals surface area contributed by atoms with Crippen LogP contribution in [0.2, 0.25) is 0 Å². The molecule has 0 radical (unpaired) electrons. The molecule has 1 fully saturated rings. The van der Waals surface area contributed by atoms with Crippen LogP contribution < -0.4 is 10.5 Å². The van der Waals surface area contributed by atoms with Gasteiger partial charge in [-0.2, -0.15) is 5.10 Å². The number of piperidine rings is 1. The number of hydrogen-bond acceptors (Lipinski definition) is 4. The average Bonchev–Trinajstić information content (AvgIpc) is 2.41. The van der Waals surface area contributed by atoms with Crippen LogP contribution in [-0.2, 0) is 11.3 Å². The zero-order chi connectivity index (χ0) is 14.5. The van der Waals surface area contributed by atoms with Crippen molar-refractivity contribution in [1.82, 2.24) is 9.78 Å². The molecule has 110 valence electrons. The first kappa shape index (κ1) is 14.8. The predicted octanol–water partition coefficient (Wildman–Crippen LogP) is 1.85. The van der Waals surface area contributed by atoms with Gasteiger partial charge in [0.25, 0.3) is 5.56 Å². The molecule has 0 spiro atoms. The van der Waals surface area contributed by atoms with Gasteiger partial charge in [0.2, 0.25) is 0 Å². The fraction of sp³-hybridized carbons (Fsp3) is 0.667. The zero-order valence-corrected chi connectivity index (χ0v) is 12.3. The predicted molar refractivity (Wildman–Crippen MR) is 79.0 cm³/mol. The molecule has 0 bridgehead atoms. The first-order valence-corrected chi connectivity index (χ1v) is 7.44. The number of anilines is 1. The Morgan fingerprint density at radius 2 is 2.30 bits per heavy atom. The maximum Gasteiger partial charge on any atom is 0.269 e. The highest BCUT2D eigenvalue weighted by molar-refractivity contribution is 5.77. The van der Waals surface area contributed by atoms with Crippen LogP contribution in [0, 0.1) is 5.92 Å². The highest BCUT2D eigenvalue weighted by Crippen LogP contribution is 2.20. The van der Waals surface area contributed by atoms with E-state index in [0.717, 1.165) is 31.6 Å². The summed E-state index contributed by atoms with van der Waals surface area (Å²) in [6.45, 7) is 6.21. The number of hydrogen-bond donors (Lipinski definition) is 0. The van der Waals surface area contributed by atoms with Gasteiger partial charge in [-0.25, -0.2) is 4.68 Å². The maximum atomic E-state index is 12.0. The summed E-state index contributed by atoms with van der Waals surface area (Å²) in [5, 5.41) is 4.14. The average molecular weight is 277 g/mol. The molecule has 0 N–H and O–H groups in total. The van der Waals surface area contributed by atoms with Crippen molar-refractivity contribution in [3.63, 3.8) is 0 Å². The molecule has 1 aliphatic heterocycles. The molecule has 2 rings (SSSR count). The van der Waals surface area contributed by atoms with Gasteiger partial charge >= 0.3 is 0 Å². The van der Waals surface area contributed by atoms with Crippen LogP contribution in [0.4, 0.5) is 5.69 Å². The van der Waals surface area contributed by atoms with Crippen molar-refractivity contribution in [3.8, 4) is 0 Å². The van der Waals surface area contributed by atoms with Crippen LogP contribution in [0.15, 0.2) is 17.1 Å². The zero-order valence-electron chi connectivity index (χ0n) is 12.3. The third kappa shape index (κ3) is 3.68. The number of carbonyl (C=O) groups excluding carboxylic acids is 1. The largest absolute Gasteiger partial charge is 0.370 e. The van der Waals surface area contributed by atoms with Crippen LogP contribution in [0.5, 0.6) is 0 Å². The number of carbonyl (C=O) groups is 1. The summed E-state index contributed by atoms with van der Waals surface area (Å²) in [7, 11) is 0.